The smallest absolute Gasteiger partial charge is 0.142 e. The normalized spacial score (nSPS) is 18.2. The molecule has 2 heterocycles. The number of hydrogen-bond donors (Lipinski definition) is 1. The molecule has 0 amide bonds. The zero-order valence-corrected chi connectivity index (χ0v) is 27.3. The van der Waals surface area contributed by atoms with Crippen LogP contribution in [-0.2, 0) is 13.2 Å². The molecule has 7 heteroatoms. The number of aromatic hydroxyl groups is 1. The minimum Gasteiger partial charge on any atom is -0.507 e. The van der Waals surface area contributed by atoms with Crippen molar-refractivity contribution in [1.82, 2.24) is 14.7 Å². The Hall–Kier alpha value is -2.77. The Bertz CT molecular complexity index is 1390. The van der Waals surface area contributed by atoms with Gasteiger partial charge in [0, 0.05) is 49.9 Å². The van der Waals surface area contributed by atoms with Gasteiger partial charge in [-0.2, -0.15) is 0 Å². The molecular weight excluding hydrogens is 558 g/mol. The molecule has 0 saturated carbocycles. The van der Waals surface area contributed by atoms with E-state index < -0.39 is 0 Å². The Labute approximate surface area is 263 Å². The predicted octanol–water partition coefficient (Wildman–Crippen LogP) is 7.30. The van der Waals surface area contributed by atoms with Crippen LogP contribution < -0.4 is 9.47 Å². The molecule has 1 N–H and O–H groups in total. The number of nitrogens with zero attached hydrogens (tertiary/aromatic N) is 3. The molecule has 232 valence electrons. The van der Waals surface area contributed by atoms with Crippen molar-refractivity contribution in [2.45, 2.75) is 71.7 Å². The second-order valence-electron chi connectivity index (χ2n) is 12.6. The van der Waals surface area contributed by atoms with Crippen LogP contribution in [0.5, 0.6) is 17.2 Å². The summed E-state index contributed by atoms with van der Waals surface area (Å²) in [7, 11) is 4.31. The monoisotopic (exact) mass is 605 g/mol. The van der Waals surface area contributed by atoms with Crippen molar-refractivity contribution in [3.63, 3.8) is 0 Å². The SMILES string of the molecule is Cc1c(COc2cc(O)c(CN3CCCC[C@H]3C)cc2Cl)cccc1-c1cccc(OCCCN2CC(N(C)C)C2)c1C. The van der Waals surface area contributed by atoms with Crippen LogP contribution in [0.2, 0.25) is 5.02 Å². The van der Waals surface area contributed by atoms with Crippen molar-refractivity contribution >= 4 is 11.6 Å². The molecule has 2 aliphatic rings. The highest BCUT2D eigenvalue weighted by Crippen LogP contribution is 2.36. The van der Waals surface area contributed by atoms with Crippen LogP contribution in [0.4, 0.5) is 0 Å². The highest BCUT2D eigenvalue weighted by atomic mass is 35.5. The van der Waals surface area contributed by atoms with Gasteiger partial charge in [-0.1, -0.05) is 48.4 Å². The van der Waals surface area contributed by atoms with Gasteiger partial charge in [-0.3, -0.25) is 9.80 Å². The first-order valence-corrected chi connectivity index (χ1v) is 16.2. The van der Waals surface area contributed by atoms with E-state index in [0.717, 1.165) is 60.6 Å². The molecule has 43 heavy (non-hydrogen) atoms. The van der Waals surface area contributed by atoms with Crippen LogP contribution in [0, 0.1) is 13.8 Å². The van der Waals surface area contributed by atoms with Crippen LogP contribution in [-0.4, -0.2) is 78.8 Å². The third kappa shape index (κ3) is 7.66. The first-order valence-electron chi connectivity index (χ1n) is 15.8. The molecule has 3 aromatic carbocycles. The number of ether oxygens (including phenoxy) is 2. The Kier molecular flexibility index (Phi) is 10.6. The molecular formula is C36H48ClN3O3. The van der Waals surface area contributed by atoms with Gasteiger partial charge in [0.15, 0.2) is 0 Å². The molecule has 0 aliphatic carbocycles. The summed E-state index contributed by atoms with van der Waals surface area (Å²) < 4.78 is 12.4. The van der Waals surface area contributed by atoms with E-state index in [2.05, 4.69) is 86.0 Å². The molecule has 2 aliphatic heterocycles. The highest BCUT2D eigenvalue weighted by Gasteiger charge is 2.27. The van der Waals surface area contributed by atoms with Crippen LogP contribution in [0.15, 0.2) is 48.5 Å². The number of halogens is 1. The maximum absolute atomic E-state index is 10.8. The lowest BCUT2D eigenvalue weighted by Gasteiger charge is -2.42. The van der Waals surface area contributed by atoms with Crippen molar-refractivity contribution in [2.24, 2.45) is 0 Å². The summed E-state index contributed by atoms with van der Waals surface area (Å²) in [6, 6.07) is 17.3. The average molecular weight is 606 g/mol. The minimum atomic E-state index is 0.234. The van der Waals surface area contributed by atoms with Gasteiger partial charge in [0.2, 0.25) is 0 Å². The van der Waals surface area contributed by atoms with E-state index in [-0.39, 0.29) is 5.75 Å². The number of phenolic OH excluding ortho intramolecular Hbond substituents is 1. The highest BCUT2D eigenvalue weighted by molar-refractivity contribution is 6.32. The molecule has 3 aromatic rings. The van der Waals surface area contributed by atoms with Crippen molar-refractivity contribution in [3.8, 4) is 28.4 Å². The summed E-state index contributed by atoms with van der Waals surface area (Å²) in [4.78, 5) is 7.22. The summed E-state index contributed by atoms with van der Waals surface area (Å²) >= 11 is 6.65. The molecule has 5 rings (SSSR count). The van der Waals surface area contributed by atoms with Crippen LogP contribution in [0.25, 0.3) is 11.1 Å². The van der Waals surface area contributed by atoms with E-state index in [9.17, 15) is 5.11 Å². The fourth-order valence-corrected chi connectivity index (χ4v) is 6.55. The average Bonchev–Trinajstić information content (AvgIpc) is 2.95. The summed E-state index contributed by atoms with van der Waals surface area (Å²) in [6.07, 6.45) is 4.69. The van der Waals surface area contributed by atoms with Gasteiger partial charge in [0.05, 0.1) is 11.6 Å². The Morgan fingerprint density at radius 3 is 2.42 bits per heavy atom. The Balaban J connectivity index is 1.21. The number of phenols is 1. The lowest BCUT2D eigenvalue weighted by atomic mass is 9.93. The van der Waals surface area contributed by atoms with Gasteiger partial charge in [0.25, 0.3) is 0 Å². The van der Waals surface area contributed by atoms with Gasteiger partial charge >= 0.3 is 0 Å². The van der Waals surface area contributed by atoms with Crippen LogP contribution in [0.1, 0.15) is 54.9 Å². The standard InChI is InChI=1S/C36H48ClN3O3/c1-25-11-6-7-17-40(25)21-29-19-33(37)36(20-34(29)41)43-24-28-12-8-13-31(26(28)2)32-14-9-15-35(27(32)3)42-18-10-16-39-22-30(23-39)38(4)5/h8-9,12-15,19-20,25,30,41H,6-7,10-11,16-18,21-24H2,1-5H3/t25-/m1/s1. The van der Waals surface area contributed by atoms with E-state index in [1.54, 1.807) is 6.07 Å². The van der Waals surface area contributed by atoms with Crippen molar-refractivity contribution in [1.29, 1.82) is 0 Å². The van der Waals surface area contributed by atoms with Gasteiger partial charge in [-0.05, 0) is 101 Å². The zero-order valence-electron chi connectivity index (χ0n) is 26.5. The minimum absolute atomic E-state index is 0.234. The maximum Gasteiger partial charge on any atom is 0.142 e. The number of benzene rings is 3. The van der Waals surface area contributed by atoms with E-state index >= 15 is 0 Å². The third-order valence-corrected chi connectivity index (χ3v) is 9.69. The number of hydrogen-bond acceptors (Lipinski definition) is 6. The molecule has 0 aromatic heterocycles. The molecule has 2 saturated heterocycles. The lowest BCUT2D eigenvalue weighted by Crippen LogP contribution is -2.57. The Morgan fingerprint density at radius 1 is 0.930 bits per heavy atom. The van der Waals surface area contributed by atoms with Gasteiger partial charge in [-0.25, -0.2) is 0 Å². The van der Waals surface area contributed by atoms with Gasteiger partial charge in [0.1, 0.15) is 23.9 Å². The van der Waals surface area contributed by atoms with E-state index in [1.165, 1.54) is 30.4 Å². The fourth-order valence-electron chi connectivity index (χ4n) is 6.30. The molecule has 0 radical (unpaired) electrons. The molecule has 0 unspecified atom stereocenters. The lowest BCUT2D eigenvalue weighted by molar-refractivity contribution is 0.0595. The first-order chi connectivity index (χ1) is 20.7. The molecule has 0 spiro atoms. The number of likely N-dealkylation sites (N-methyl/N-ethyl adjacent to an activating group) is 1. The van der Waals surface area contributed by atoms with Crippen molar-refractivity contribution < 1.29 is 14.6 Å². The summed E-state index contributed by atoms with van der Waals surface area (Å²) in [5.74, 6) is 1.67. The van der Waals surface area contributed by atoms with Crippen molar-refractivity contribution in [3.05, 3.63) is 75.8 Å². The largest absolute Gasteiger partial charge is 0.507 e. The fraction of sp³-hybridized carbons (Fsp3) is 0.500. The molecule has 0 bridgehead atoms. The van der Waals surface area contributed by atoms with Crippen LogP contribution >= 0.6 is 11.6 Å². The van der Waals surface area contributed by atoms with Gasteiger partial charge < -0.3 is 19.5 Å². The second kappa shape index (κ2) is 14.3. The van der Waals surface area contributed by atoms with E-state index in [1.807, 2.05) is 6.07 Å². The zero-order chi connectivity index (χ0) is 30.5. The number of likely N-dealkylation sites (tertiary alicyclic amines) is 2. The summed E-state index contributed by atoms with van der Waals surface area (Å²) in [5.41, 5.74) is 6.56. The molecule has 1 atom stereocenters. The molecule has 6 nitrogen and oxygen atoms in total. The summed E-state index contributed by atoms with van der Waals surface area (Å²) in [6.45, 7) is 12.7. The van der Waals surface area contributed by atoms with E-state index in [4.69, 9.17) is 21.1 Å². The number of piperidine rings is 1. The predicted molar refractivity (Wildman–Crippen MR) is 177 cm³/mol. The maximum atomic E-state index is 10.8. The quantitative estimate of drug-likeness (QED) is 0.219. The topological polar surface area (TPSA) is 48.4 Å². The van der Waals surface area contributed by atoms with Crippen molar-refractivity contribution in [2.75, 3.05) is 46.9 Å². The Morgan fingerprint density at radius 2 is 1.67 bits per heavy atom. The third-order valence-electron chi connectivity index (χ3n) is 9.40. The van der Waals surface area contributed by atoms with E-state index in [0.29, 0.717) is 42.6 Å². The van der Waals surface area contributed by atoms with Gasteiger partial charge in [-0.15, -0.1) is 0 Å². The summed E-state index contributed by atoms with van der Waals surface area (Å²) in [5, 5.41) is 11.3. The first kappa shape index (κ1) is 31.6. The van der Waals surface area contributed by atoms with Crippen LogP contribution in [0.3, 0.4) is 0 Å². The molecule has 2 fully saturated rings. The second-order valence-corrected chi connectivity index (χ2v) is 13.0. The number of rotatable bonds is 12.